The normalized spacial score (nSPS) is 10.8. The van der Waals surface area contributed by atoms with Crippen LogP contribution >= 0.6 is 0 Å². The van der Waals surface area contributed by atoms with E-state index in [0.29, 0.717) is 17.8 Å². The minimum absolute atomic E-state index is 0.0664. The topological polar surface area (TPSA) is 73.2 Å². The third-order valence-electron chi connectivity index (χ3n) is 4.46. The fraction of sp³-hybridized carbons (Fsp3) is 0.227. The number of ether oxygens (including phenoxy) is 1. The first-order valence-corrected chi connectivity index (χ1v) is 9.21. The van der Waals surface area contributed by atoms with Gasteiger partial charge in [0, 0.05) is 12.1 Å². The summed E-state index contributed by atoms with van der Waals surface area (Å²) in [5.74, 6) is -1.60. The summed E-state index contributed by atoms with van der Waals surface area (Å²) in [5, 5.41) is 7.21. The summed E-state index contributed by atoms with van der Waals surface area (Å²) in [6, 6.07) is 15.0. The van der Waals surface area contributed by atoms with Gasteiger partial charge in [-0.25, -0.2) is 13.9 Å². The summed E-state index contributed by atoms with van der Waals surface area (Å²) in [5.41, 5.74) is 2.17. The summed E-state index contributed by atoms with van der Waals surface area (Å²) in [7, 11) is 1.26. The van der Waals surface area contributed by atoms with Gasteiger partial charge in [0.15, 0.2) is 5.69 Å². The largest absolute Gasteiger partial charge is 0.464 e. The van der Waals surface area contributed by atoms with Crippen LogP contribution in [-0.2, 0) is 11.3 Å². The number of hydrogen-bond donors (Lipinski definition) is 1. The highest BCUT2D eigenvalue weighted by molar-refractivity contribution is 5.99. The monoisotopic (exact) mass is 395 g/mol. The summed E-state index contributed by atoms with van der Waals surface area (Å²) in [6.45, 7) is 4.05. The smallest absolute Gasteiger partial charge is 0.358 e. The first-order valence-electron chi connectivity index (χ1n) is 9.21. The van der Waals surface area contributed by atoms with Crippen LogP contribution < -0.4 is 5.32 Å². The molecule has 1 heterocycles. The number of esters is 1. The van der Waals surface area contributed by atoms with Gasteiger partial charge in [-0.1, -0.05) is 44.2 Å². The minimum Gasteiger partial charge on any atom is -0.464 e. The predicted octanol–water partition coefficient (Wildman–Crippen LogP) is 3.85. The maximum absolute atomic E-state index is 13.4. The Labute approximate surface area is 168 Å². The molecule has 1 N–H and O–H groups in total. The van der Waals surface area contributed by atoms with Gasteiger partial charge in [-0.3, -0.25) is 4.79 Å². The number of halogens is 1. The van der Waals surface area contributed by atoms with Crippen LogP contribution in [0.1, 0.15) is 51.9 Å². The fourth-order valence-corrected chi connectivity index (χ4v) is 3.07. The molecule has 6 nitrogen and oxygen atoms in total. The molecule has 0 aliphatic heterocycles. The number of benzene rings is 2. The molecular formula is C22H22FN3O3. The third kappa shape index (κ3) is 4.34. The number of nitrogens with zero attached hydrogens (tertiary/aromatic N) is 2. The van der Waals surface area contributed by atoms with Crippen LogP contribution in [0.2, 0.25) is 0 Å². The first kappa shape index (κ1) is 20.3. The zero-order valence-electron chi connectivity index (χ0n) is 16.5. The average molecular weight is 395 g/mol. The van der Waals surface area contributed by atoms with Gasteiger partial charge in [-0.15, -0.1) is 0 Å². The maximum Gasteiger partial charge on any atom is 0.358 e. The molecule has 0 atom stereocenters. The second-order valence-corrected chi connectivity index (χ2v) is 6.81. The zero-order chi connectivity index (χ0) is 21.0. The molecule has 0 saturated heterocycles. The lowest BCUT2D eigenvalue weighted by Gasteiger charge is -2.12. The number of hydrogen-bond acceptors (Lipinski definition) is 4. The van der Waals surface area contributed by atoms with Gasteiger partial charge >= 0.3 is 5.97 Å². The number of nitrogens with one attached hydrogen (secondary N) is 1. The van der Waals surface area contributed by atoms with E-state index >= 15 is 0 Å². The van der Waals surface area contributed by atoms with E-state index in [2.05, 4.69) is 10.4 Å². The number of aromatic nitrogens is 2. The SMILES string of the molecule is COC(=O)c1nn(-c2ccc(F)cc2)c(C(=O)NCc2ccccc2)c1C(C)C. The van der Waals surface area contributed by atoms with Crippen molar-refractivity contribution in [1.82, 2.24) is 15.1 Å². The standard InChI is InChI=1S/C22H22FN3O3/c1-14(2)18-19(22(28)29-3)25-26(17-11-9-16(23)10-12-17)20(18)21(27)24-13-15-7-5-4-6-8-15/h4-12,14H,13H2,1-3H3,(H,24,27). The fourth-order valence-electron chi connectivity index (χ4n) is 3.07. The van der Waals surface area contributed by atoms with E-state index in [-0.39, 0.29) is 23.2 Å². The number of amides is 1. The van der Waals surface area contributed by atoms with Crippen LogP contribution in [0, 0.1) is 5.82 Å². The summed E-state index contributed by atoms with van der Waals surface area (Å²) < 4.78 is 19.6. The molecular weight excluding hydrogens is 373 g/mol. The van der Waals surface area contributed by atoms with Gasteiger partial charge in [-0.2, -0.15) is 5.10 Å². The molecule has 2 aromatic carbocycles. The summed E-state index contributed by atoms with van der Waals surface area (Å²) in [4.78, 5) is 25.4. The van der Waals surface area contributed by atoms with Crippen molar-refractivity contribution >= 4 is 11.9 Å². The van der Waals surface area contributed by atoms with Gasteiger partial charge in [0.1, 0.15) is 11.5 Å². The Morgan fingerprint density at radius 3 is 2.34 bits per heavy atom. The van der Waals surface area contributed by atoms with Crippen LogP contribution in [0.3, 0.4) is 0 Å². The minimum atomic E-state index is -0.633. The molecule has 0 spiro atoms. The lowest BCUT2D eigenvalue weighted by molar-refractivity contribution is 0.0591. The molecule has 0 aliphatic rings. The summed E-state index contributed by atoms with van der Waals surface area (Å²) >= 11 is 0. The molecule has 1 aromatic heterocycles. The molecule has 29 heavy (non-hydrogen) atoms. The number of rotatable bonds is 6. The Morgan fingerprint density at radius 2 is 1.76 bits per heavy atom. The van der Waals surface area contributed by atoms with E-state index < -0.39 is 11.8 Å². The number of carbonyl (C=O) groups is 2. The highest BCUT2D eigenvalue weighted by Crippen LogP contribution is 2.27. The highest BCUT2D eigenvalue weighted by atomic mass is 19.1. The third-order valence-corrected chi connectivity index (χ3v) is 4.46. The number of carbonyl (C=O) groups excluding carboxylic acids is 2. The van der Waals surface area contributed by atoms with Crippen molar-refractivity contribution in [2.45, 2.75) is 26.3 Å². The molecule has 0 fully saturated rings. The Morgan fingerprint density at radius 1 is 1.10 bits per heavy atom. The average Bonchev–Trinajstić information content (AvgIpc) is 3.14. The van der Waals surface area contributed by atoms with E-state index in [1.807, 2.05) is 44.2 Å². The first-order chi connectivity index (χ1) is 13.9. The second kappa shape index (κ2) is 8.68. The Hall–Kier alpha value is -3.48. The molecule has 0 radical (unpaired) electrons. The highest BCUT2D eigenvalue weighted by Gasteiger charge is 2.30. The molecule has 7 heteroatoms. The maximum atomic E-state index is 13.4. The van der Waals surface area contributed by atoms with E-state index in [0.717, 1.165) is 5.56 Å². The van der Waals surface area contributed by atoms with Crippen molar-refractivity contribution in [3.8, 4) is 5.69 Å². The lowest BCUT2D eigenvalue weighted by atomic mass is 9.99. The predicted molar refractivity (Wildman–Crippen MR) is 107 cm³/mol. The van der Waals surface area contributed by atoms with E-state index in [1.54, 1.807) is 0 Å². The van der Waals surface area contributed by atoms with E-state index in [1.165, 1.54) is 36.1 Å². The van der Waals surface area contributed by atoms with Crippen molar-refractivity contribution in [2.24, 2.45) is 0 Å². The van der Waals surface area contributed by atoms with E-state index in [9.17, 15) is 14.0 Å². The Kier molecular flexibility index (Phi) is 6.07. The molecule has 0 bridgehead atoms. The van der Waals surface area contributed by atoms with Crippen LogP contribution in [-0.4, -0.2) is 28.8 Å². The van der Waals surface area contributed by atoms with Crippen molar-refractivity contribution < 1.29 is 18.7 Å². The van der Waals surface area contributed by atoms with Gasteiger partial charge < -0.3 is 10.1 Å². The molecule has 1 amide bonds. The van der Waals surface area contributed by atoms with Crippen LogP contribution in [0.25, 0.3) is 5.69 Å². The van der Waals surface area contributed by atoms with Gasteiger partial charge in [-0.05, 0) is 35.7 Å². The van der Waals surface area contributed by atoms with Crippen molar-refractivity contribution in [3.63, 3.8) is 0 Å². The van der Waals surface area contributed by atoms with Gasteiger partial charge in [0.05, 0.1) is 12.8 Å². The van der Waals surface area contributed by atoms with Crippen molar-refractivity contribution in [1.29, 1.82) is 0 Å². The molecule has 0 aliphatic carbocycles. The van der Waals surface area contributed by atoms with Crippen molar-refractivity contribution in [2.75, 3.05) is 7.11 Å². The molecule has 3 aromatic rings. The molecule has 150 valence electrons. The van der Waals surface area contributed by atoms with Gasteiger partial charge in [0.2, 0.25) is 0 Å². The van der Waals surface area contributed by atoms with Crippen molar-refractivity contribution in [3.05, 3.63) is 82.9 Å². The lowest BCUT2D eigenvalue weighted by Crippen LogP contribution is -2.27. The zero-order valence-corrected chi connectivity index (χ0v) is 16.5. The van der Waals surface area contributed by atoms with Crippen LogP contribution in [0.5, 0.6) is 0 Å². The Bertz CT molecular complexity index is 1010. The summed E-state index contributed by atoms with van der Waals surface area (Å²) in [6.07, 6.45) is 0. The molecule has 0 unspecified atom stereocenters. The van der Waals surface area contributed by atoms with E-state index in [4.69, 9.17) is 4.74 Å². The Balaban J connectivity index is 2.08. The number of methoxy groups -OCH3 is 1. The quantitative estimate of drug-likeness (QED) is 0.644. The van der Waals surface area contributed by atoms with Crippen LogP contribution in [0.15, 0.2) is 54.6 Å². The van der Waals surface area contributed by atoms with Crippen LogP contribution in [0.4, 0.5) is 4.39 Å². The molecule has 3 rings (SSSR count). The van der Waals surface area contributed by atoms with Gasteiger partial charge in [0.25, 0.3) is 5.91 Å². The molecule has 0 saturated carbocycles. The second-order valence-electron chi connectivity index (χ2n) is 6.81.